The van der Waals surface area contributed by atoms with Crippen LogP contribution in [0.15, 0.2) is 38.3 Å². The molecule has 0 saturated carbocycles. The van der Waals surface area contributed by atoms with Crippen molar-refractivity contribution < 1.29 is 8.42 Å². The predicted molar refractivity (Wildman–Crippen MR) is 91.8 cm³/mol. The van der Waals surface area contributed by atoms with Crippen molar-refractivity contribution in [1.29, 1.82) is 0 Å². The number of hydrogen-bond acceptors (Lipinski definition) is 3. The smallest absolute Gasteiger partial charge is 0.206 e. The Labute approximate surface area is 146 Å². The van der Waals surface area contributed by atoms with Gasteiger partial charge in [-0.2, -0.15) is 0 Å². The highest BCUT2D eigenvalue weighted by molar-refractivity contribution is 9.11. The summed E-state index contributed by atoms with van der Waals surface area (Å²) in [6.45, 7) is 1.92. The van der Waals surface area contributed by atoms with Crippen LogP contribution in [0, 0.1) is 0 Å². The van der Waals surface area contributed by atoms with Crippen LogP contribution in [0.2, 0.25) is 10.0 Å². The molecule has 8 heteroatoms. The molecular weight excluding hydrogens is 417 g/mol. The molecule has 0 aliphatic heterocycles. The van der Waals surface area contributed by atoms with E-state index in [4.69, 9.17) is 23.2 Å². The van der Waals surface area contributed by atoms with Crippen LogP contribution in [0.25, 0.3) is 0 Å². The summed E-state index contributed by atoms with van der Waals surface area (Å²) in [5, 5.41) is 1.00. The zero-order valence-corrected chi connectivity index (χ0v) is 15.7. The van der Waals surface area contributed by atoms with Gasteiger partial charge in [0.05, 0.1) is 8.81 Å². The molecular formula is C13H12BrCl2NO2S2. The van der Waals surface area contributed by atoms with Crippen molar-refractivity contribution >= 4 is 60.5 Å². The third-order valence-electron chi connectivity index (χ3n) is 2.87. The molecule has 114 valence electrons. The zero-order valence-electron chi connectivity index (χ0n) is 10.9. The molecule has 0 aliphatic rings. The average molecular weight is 429 g/mol. The highest BCUT2D eigenvalue weighted by Crippen LogP contribution is 2.35. The number of benzene rings is 1. The quantitative estimate of drug-likeness (QED) is 0.706. The van der Waals surface area contributed by atoms with Crippen molar-refractivity contribution in [2.75, 3.05) is 0 Å². The lowest BCUT2D eigenvalue weighted by molar-refractivity contribution is 0.552. The molecule has 1 heterocycles. The molecule has 1 unspecified atom stereocenters. The molecule has 0 bridgehead atoms. The van der Waals surface area contributed by atoms with Gasteiger partial charge in [0.2, 0.25) is 0 Å². The first-order chi connectivity index (χ1) is 9.83. The van der Waals surface area contributed by atoms with Crippen LogP contribution in [-0.2, 0) is 10.0 Å². The molecule has 21 heavy (non-hydrogen) atoms. The van der Waals surface area contributed by atoms with Gasteiger partial charge in [-0.3, -0.25) is 0 Å². The highest BCUT2D eigenvalue weighted by Gasteiger charge is 2.23. The van der Waals surface area contributed by atoms with Gasteiger partial charge in [0, 0.05) is 11.1 Å². The van der Waals surface area contributed by atoms with Gasteiger partial charge in [-0.15, -0.1) is 11.3 Å². The van der Waals surface area contributed by atoms with E-state index in [0.717, 1.165) is 16.9 Å². The Balaban J connectivity index is 2.27. The minimum Gasteiger partial charge on any atom is -0.206 e. The van der Waals surface area contributed by atoms with Gasteiger partial charge in [-0.25, -0.2) is 13.1 Å². The van der Waals surface area contributed by atoms with Crippen molar-refractivity contribution in [3.05, 3.63) is 49.7 Å². The van der Waals surface area contributed by atoms with Crippen LogP contribution in [0.5, 0.6) is 0 Å². The summed E-state index contributed by atoms with van der Waals surface area (Å²) in [4.78, 5) is 0. The van der Waals surface area contributed by atoms with Gasteiger partial charge in [0.1, 0.15) is 4.21 Å². The molecule has 3 nitrogen and oxygen atoms in total. The number of thiophene rings is 1. The number of nitrogens with one attached hydrogen (secondary N) is 1. The Morgan fingerprint density at radius 3 is 2.38 bits per heavy atom. The molecule has 1 aromatic carbocycles. The molecule has 0 amide bonds. The molecule has 2 rings (SSSR count). The third kappa shape index (κ3) is 4.21. The summed E-state index contributed by atoms with van der Waals surface area (Å²) in [7, 11) is -3.61. The topological polar surface area (TPSA) is 46.2 Å². The van der Waals surface area contributed by atoms with E-state index in [1.807, 2.05) is 19.1 Å². The van der Waals surface area contributed by atoms with E-state index >= 15 is 0 Å². The van der Waals surface area contributed by atoms with E-state index in [0.29, 0.717) is 20.3 Å². The van der Waals surface area contributed by atoms with Gasteiger partial charge in [0.25, 0.3) is 10.0 Å². The van der Waals surface area contributed by atoms with Gasteiger partial charge in [-0.1, -0.05) is 42.3 Å². The van der Waals surface area contributed by atoms with E-state index in [-0.39, 0.29) is 10.3 Å². The van der Waals surface area contributed by atoms with Gasteiger partial charge in [0.15, 0.2) is 0 Å². The van der Waals surface area contributed by atoms with Crippen molar-refractivity contribution in [2.24, 2.45) is 0 Å². The van der Waals surface area contributed by atoms with Crippen molar-refractivity contribution in [3.63, 3.8) is 0 Å². The lowest BCUT2D eigenvalue weighted by Crippen LogP contribution is -2.27. The van der Waals surface area contributed by atoms with E-state index in [1.165, 1.54) is 6.07 Å². The first-order valence-corrected chi connectivity index (χ1v) is 9.91. The maximum absolute atomic E-state index is 12.4. The number of rotatable bonds is 5. The lowest BCUT2D eigenvalue weighted by atomic mass is 10.1. The van der Waals surface area contributed by atoms with Crippen LogP contribution in [-0.4, -0.2) is 8.42 Å². The molecule has 1 aromatic heterocycles. The molecule has 0 saturated heterocycles. The number of halogens is 3. The summed E-state index contributed by atoms with van der Waals surface area (Å²) in [5.74, 6) is 0. The maximum Gasteiger partial charge on any atom is 0.250 e. The normalized spacial score (nSPS) is 13.3. The lowest BCUT2D eigenvalue weighted by Gasteiger charge is -2.17. The monoisotopic (exact) mass is 427 g/mol. The van der Waals surface area contributed by atoms with Gasteiger partial charge < -0.3 is 0 Å². The molecule has 0 fully saturated rings. The fourth-order valence-electron chi connectivity index (χ4n) is 1.79. The van der Waals surface area contributed by atoms with Crippen LogP contribution in [0.4, 0.5) is 0 Å². The average Bonchev–Trinajstić information content (AvgIpc) is 2.78. The molecule has 0 radical (unpaired) electrons. The van der Waals surface area contributed by atoms with Crippen LogP contribution < -0.4 is 4.72 Å². The Morgan fingerprint density at radius 2 is 1.90 bits per heavy atom. The fraction of sp³-hybridized carbons (Fsp3) is 0.231. The van der Waals surface area contributed by atoms with Crippen molar-refractivity contribution in [2.45, 2.75) is 23.6 Å². The van der Waals surface area contributed by atoms with Crippen molar-refractivity contribution in [3.8, 4) is 0 Å². The van der Waals surface area contributed by atoms with Crippen molar-refractivity contribution in [1.82, 2.24) is 4.72 Å². The second-order valence-corrected chi connectivity index (χ2v) is 9.48. The van der Waals surface area contributed by atoms with E-state index in [2.05, 4.69) is 20.7 Å². The van der Waals surface area contributed by atoms with E-state index in [1.54, 1.807) is 12.1 Å². The summed E-state index contributed by atoms with van der Waals surface area (Å²) < 4.78 is 28.3. The summed E-state index contributed by atoms with van der Waals surface area (Å²) in [6.07, 6.45) is 0.626. The van der Waals surface area contributed by atoms with E-state index in [9.17, 15) is 8.42 Å². The maximum atomic E-state index is 12.4. The van der Waals surface area contributed by atoms with Crippen LogP contribution >= 0.6 is 50.5 Å². The second-order valence-electron chi connectivity index (χ2n) is 4.32. The Bertz CT molecular complexity index is 710. The first-order valence-electron chi connectivity index (χ1n) is 6.06. The molecule has 0 spiro atoms. The van der Waals surface area contributed by atoms with Gasteiger partial charge in [-0.05, 0) is 46.1 Å². The zero-order chi connectivity index (χ0) is 15.6. The van der Waals surface area contributed by atoms with Gasteiger partial charge >= 0.3 is 0 Å². The molecule has 0 aliphatic carbocycles. The Hall–Kier alpha value is -0.110. The summed E-state index contributed by atoms with van der Waals surface area (Å²) in [6, 6.07) is 8.24. The standard InChI is InChI=1S/C13H12BrCl2NO2S2/c1-2-11(8-3-5-9(15)6-4-8)17-21(18,19)12-7-10(16)13(14)20-12/h3-7,11,17H,2H2,1H3. The highest BCUT2D eigenvalue weighted by atomic mass is 79.9. The Kier molecular flexibility index (Phi) is 5.73. The third-order valence-corrected chi connectivity index (χ3v) is 7.54. The van der Waals surface area contributed by atoms with Crippen LogP contribution in [0.1, 0.15) is 24.9 Å². The predicted octanol–water partition coefficient (Wildman–Crippen LogP) is 5.25. The first kappa shape index (κ1) is 17.2. The summed E-state index contributed by atoms with van der Waals surface area (Å²) >= 11 is 16.1. The molecule has 1 N–H and O–H groups in total. The minimum atomic E-state index is -3.61. The molecule has 2 aromatic rings. The molecule has 1 atom stereocenters. The SMILES string of the molecule is CCC(NS(=O)(=O)c1cc(Cl)c(Br)s1)c1ccc(Cl)cc1. The van der Waals surface area contributed by atoms with E-state index < -0.39 is 10.0 Å². The number of sulfonamides is 1. The largest absolute Gasteiger partial charge is 0.250 e. The minimum absolute atomic E-state index is 0.187. The number of hydrogen-bond donors (Lipinski definition) is 1. The van der Waals surface area contributed by atoms with Crippen LogP contribution in [0.3, 0.4) is 0 Å². The summed E-state index contributed by atoms with van der Waals surface area (Å²) in [5.41, 5.74) is 0.868. The fourth-order valence-corrected chi connectivity index (χ4v) is 5.64. The Morgan fingerprint density at radius 1 is 1.29 bits per heavy atom. The second kappa shape index (κ2) is 6.98.